The zero-order valence-corrected chi connectivity index (χ0v) is 17.4. The lowest BCUT2D eigenvalue weighted by molar-refractivity contribution is -0.119. The molecule has 0 saturated carbocycles. The molecule has 0 saturated heterocycles. The Labute approximate surface area is 176 Å². The number of carbonyl (C=O) groups excluding carboxylic acids is 2. The van der Waals surface area contributed by atoms with E-state index >= 15 is 0 Å². The number of nitrogens with one attached hydrogen (secondary N) is 1. The minimum absolute atomic E-state index is 0.376. The number of thioether (sulfide) groups is 1. The molecule has 1 N–H and O–H groups in total. The van der Waals surface area contributed by atoms with Crippen LogP contribution >= 0.6 is 34.7 Å². The Morgan fingerprint density at radius 2 is 2.04 bits per heavy atom. The highest BCUT2D eigenvalue weighted by Crippen LogP contribution is 2.27. The molecule has 0 aliphatic carbocycles. The Bertz CT molecular complexity index is 991. The highest BCUT2D eigenvalue weighted by molar-refractivity contribution is 8.00. The molecule has 1 heterocycles. The molecule has 0 fully saturated rings. The molecule has 0 bridgehead atoms. The van der Waals surface area contributed by atoms with Crippen LogP contribution in [0.4, 0.5) is 5.69 Å². The summed E-state index contributed by atoms with van der Waals surface area (Å²) in [4.78, 5) is 28.9. The quantitative estimate of drug-likeness (QED) is 0.411. The Balaban J connectivity index is 1.57. The number of halogens is 1. The number of benzene rings is 2. The van der Waals surface area contributed by atoms with Crippen molar-refractivity contribution in [1.29, 1.82) is 0 Å². The molecule has 3 rings (SSSR count). The molecule has 1 aromatic heterocycles. The van der Waals surface area contributed by atoms with Crippen molar-refractivity contribution in [3.8, 4) is 0 Å². The van der Waals surface area contributed by atoms with Gasteiger partial charge in [0.15, 0.2) is 6.61 Å². The summed E-state index contributed by atoms with van der Waals surface area (Å²) in [5, 5.41) is 5.14. The Hall–Kier alpha value is -2.35. The lowest BCUT2D eigenvalue weighted by Crippen LogP contribution is -2.21. The van der Waals surface area contributed by atoms with Crippen molar-refractivity contribution < 1.29 is 14.3 Å². The summed E-state index contributed by atoms with van der Waals surface area (Å²) in [6.45, 7) is 1.57. The summed E-state index contributed by atoms with van der Waals surface area (Å²) < 4.78 is 6.13. The molecule has 1 amide bonds. The molecule has 0 spiro atoms. The maximum Gasteiger partial charge on any atom is 0.338 e. The van der Waals surface area contributed by atoms with Crippen LogP contribution in [-0.2, 0) is 15.3 Å². The van der Waals surface area contributed by atoms with Gasteiger partial charge >= 0.3 is 5.97 Å². The van der Waals surface area contributed by atoms with E-state index in [9.17, 15) is 9.59 Å². The third-order valence-corrected chi connectivity index (χ3v) is 6.05. The largest absolute Gasteiger partial charge is 0.452 e. The zero-order valence-electron chi connectivity index (χ0n) is 15.0. The van der Waals surface area contributed by atoms with Crippen molar-refractivity contribution in [2.75, 3.05) is 11.9 Å². The molecular formula is C20H17ClN2O3S2. The van der Waals surface area contributed by atoms with Gasteiger partial charge in [-0.05, 0) is 36.8 Å². The molecule has 0 aliphatic rings. The third kappa shape index (κ3) is 5.82. The average Bonchev–Trinajstić information content (AvgIpc) is 3.10. The van der Waals surface area contributed by atoms with E-state index < -0.39 is 11.9 Å². The summed E-state index contributed by atoms with van der Waals surface area (Å²) in [7, 11) is 0. The van der Waals surface area contributed by atoms with E-state index in [1.165, 1.54) is 0 Å². The van der Waals surface area contributed by atoms with Crippen LogP contribution < -0.4 is 5.32 Å². The van der Waals surface area contributed by atoms with Crippen LogP contribution in [0.15, 0.2) is 58.3 Å². The first-order valence-electron chi connectivity index (χ1n) is 8.36. The second-order valence-electron chi connectivity index (χ2n) is 5.84. The van der Waals surface area contributed by atoms with Gasteiger partial charge in [0.05, 0.1) is 5.56 Å². The van der Waals surface area contributed by atoms with Gasteiger partial charge in [0.2, 0.25) is 0 Å². The summed E-state index contributed by atoms with van der Waals surface area (Å²) in [5.41, 5.74) is 2.80. The highest BCUT2D eigenvalue weighted by atomic mass is 35.5. The van der Waals surface area contributed by atoms with Gasteiger partial charge in [-0.25, -0.2) is 9.78 Å². The van der Waals surface area contributed by atoms with Gasteiger partial charge < -0.3 is 10.1 Å². The maximum atomic E-state index is 12.4. The molecule has 0 radical (unpaired) electrons. The van der Waals surface area contributed by atoms with Gasteiger partial charge in [-0.1, -0.05) is 47.6 Å². The molecule has 144 valence electrons. The van der Waals surface area contributed by atoms with Gasteiger partial charge in [-0.3, -0.25) is 4.79 Å². The first kappa shape index (κ1) is 20.4. The van der Waals surface area contributed by atoms with Crippen LogP contribution in [0.5, 0.6) is 0 Å². The standard InChI is InChI=1S/C20H17ClN2O3S2/c1-13-11-27-20(22-13)28-12-14-5-2-3-8-17(14)19(25)26-10-18(24)23-16-7-4-6-15(21)9-16/h2-9,11H,10,12H2,1H3,(H,23,24). The summed E-state index contributed by atoms with van der Waals surface area (Å²) >= 11 is 9.02. The van der Waals surface area contributed by atoms with Crippen molar-refractivity contribution in [2.45, 2.75) is 17.0 Å². The van der Waals surface area contributed by atoms with Crippen LogP contribution in [0.3, 0.4) is 0 Å². The number of carbonyl (C=O) groups is 2. The smallest absolute Gasteiger partial charge is 0.338 e. The number of rotatable bonds is 7. The topological polar surface area (TPSA) is 68.3 Å². The molecule has 0 aliphatic heterocycles. The van der Waals surface area contributed by atoms with E-state index in [-0.39, 0.29) is 6.61 Å². The van der Waals surface area contributed by atoms with Crippen molar-refractivity contribution in [3.05, 3.63) is 75.8 Å². The van der Waals surface area contributed by atoms with Crippen molar-refractivity contribution in [1.82, 2.24) is 4.98 Å². The minimum atomic E-state index is -0.534. The fraction of sp³-hybridized carbons (Fsp3) is 0.150. The van der Waals surface area contributed by atoms with Crippen LogP contribution in [0, 0.1) is 6.92 Å². The monoisotopic (exact) mass is 432 g/mol. The molecule has 0 unspecified atom stereocenters. The van der Waals surface area contributed by atoms with Gasteiger partial charge in [-0.15, -0.1) is 11.3 Å². The Morgan fingerprint density at radius 1 is 1.21 bits per heavy atom. The van der Waals surface area contributed by atoms with Crippen molar-refractivity contribution >= 4 is 52.3 Å². The molecule has 28 heavy (non-hydrogen) atoms. The van der Waals surface area contributed by atoms with E-state index in [1.807, 2.05) is 24.4 Å². The van der Waals surface area contributed by atoms with Crippen LogP contribution in [0.1, 0.15) is 21.6 Å². The van der Waals surface area contributed by atoms with Crippen LogP contribution in [0.25, 0.3) is 0 Å². The Morgan fingerprint density at radius 3 is 2.79 bits per heavy atom. The van der Waals surface area contributed by atoms with E-state index in [1.54, 1.807) is 59.5 Å². The lowest BCUT2D eigenvalue weighted by Gasteiger charge is -2.09. The number of hydrogen-bond donors (Lipinski definition) is 1. The number of thiazole rings is 1. The minimum Gasteiger partial charge on any atom is -0.452 e. The van der Waals surface area contributed by atoms with E-state index in [0.717, 1.165) is 15.6 Å². The fourth-order valence-electron chi connectivity index (χ4n) is 2.36. The molecule has 3 aromatic rings. The van der Waals surface area contributed by atoms with Gasteiger partial charge in [0, 0.05) is 27.5 Å². The maximum absolute atomic E-state index is 12.4. The Kier molecular flexibility index (Phi) is 7.08. The predicted molar refractivity (Wildman–Crippen MR) is 113 cm³/mol. The second-order valence-corrected chi connectivity index (χ2v) is 8.35. The number of amides is 1. The highest BCUT2D eigenvalue weighted by Gasteiger charge is 2.15. The number of esters is 1. The van der Waals surface area contributed by atoms with Crippen molar-refractivity contribution in [3.63, 3.8) is 0 Å². The second kappa shape index (κ2) is 9.73. The molecular weight excluding hydrogens is 416 g/mol. The normalized spacial score (nSPS) is 10.5. The number of nitrogens with zero attached hydrogens (tertiary/aromatic N) is 1. The number of ether oxygens (including phenoxy) is 1. The van der Waals surface area contributed by atoms with Crippen LogP contribution in [0.2, 0.25) is 5.02 Å². The third-order valence-electron chi connectivity index (χ3n) is 3.63. The van der Waals surface area contributed by atoms with Gasteiger partial charge in [0.25, 0.3) is 5.91 Å². The number of aryl methyl sites for hydroxylation is 1. The lowest BCUT2D eigenvalue weighted by atomic mass is 10.1. The number of anilines is 1. The molecule has 0 atom stereocenters. The predicted octanol–water partition coefficient (Wildman–Crippen LogP) is 5.19. The number of aromatic nitrogens is 1. The van der Waals surface area contributed by atoms with Crippen LogP contribution in [-0.4, -0.2) is 23.5 Å². The summed E-state index contributed by atoms with van der Waals surface area (Å²) in [6, 6.07) is 14.0. The van der Waals surface area contributed by atoms with Gasteiger partial charge in [0.1, 0.15) is 4.34 Å². The zero-order chi connectivity index (χ0) is 19.9. The van der Waals surface area contributed by atoms with E-state index in [0.29, 0.717) is 22.0 Å². The summed E-state index contributed by atoms with van der Waals surface area (Å²) in [5.74, 6) is -0.374. The van der Waals surface area contributed by atoms with Crippen molar-refractivity contribution in [2.24, 2.45) is 0 Å². The average molecular weight is 433 g/mol. The molecule has 5 nitrogen and oxygen atoms in total. The SMILES string of the molecule is Cc1csc(SCc2ccccc2C(=O)OCC(=O)Nc2cccc(Cl)c2)n1. The molecule has 2 aromatic carbocycles. The fourth-order valence-corrected chi connectivity index (χ4v) is 4.40. The summed E-state index contributed by atoms with van der Waals surface area (Å²) in [6.07, 6.45) is 0. The first-order valence-corrected chi connectivity index (χ1v) is 10.6. The van der Waals surface area contributed by atoms with Gasteiger partial charge in [-0.2, -0.15) is 0 Å². The molecule has 8 heteroatoms. The first-order chi connectivity index (χ1) is 13.5. The number of hydrogen-bond acceptors (Lipinski definition) is 6. The van der Waals surface area contributed by atoms with E-state index in [4.69, 9.17) is 16.3 Å². The van der Waals surface area contributed by atoms with E-state index in [2.05, 4.69) is 10.3 Å².